The van der Waals surface area contributed by atoms with Crippen LogP contribution in [-0.4, -0.2) is 23.8 Å². The first-order chi connectivity index (χ1) is 10.6. The van der Waals surface area contributed by atoms with E-state index < -0.39 is 17.7 Å². The van der Waals surface area contributed by atoms with Crippen LogP contribution in [0.2, 0.25) is 0 Å². The van der Waals surface area contributed by atoms with Crippen molar-refractivity contribution in [1.29, 1.82) is 0 Å². The van der Waals surface area contributed by atoms with Gasteiger partial charge in [-0.2, -0.15) is 0 Å². The van der Waals surface area contributed by atoms with Gasteiger partial charge in [0.05, 0.1) is 0 Å². The highest BCUT2D eigenvalue weighted by Gasteiger charge is 2.19. The Bertz CT molecular complexity index is 546. The number of carbonyl (C=O) groups excluding carboxylic acids is 3. The predicted molar refractivity (Wildman–Crippen MR) is 83.2 cm³/mol. The Morgan fingerprint density at radius 3 is 2.05 bits per heavy atom. The molecule has 2 rings (SSSR count). The predicted octanol–water partition coefficient (Wildman–Crippen LogP) is 1.56. The highest BCUT2D eigenvalue weighted by atomic mass is 16.2. The van der Waals surface area contributed by atoms with E-state index in [9.17, 15) is 14.4 Å². The molecule has 0 atom stereocenters. The molecule has 0 aliphatic heterocycles. The lowest BCUT2D eigenvalue weighted by molar-refractivity contribution is -0.136. The molecule has 1 aliphatic carbocycles. The van der Waals surface area contributed by atoms with E-state index in [2.05, 4.69) is 10.6 Å². The fourth-order valence-corrected chi connectivity index (χ4v) is 2.58. The molecule has 6 heteroatoms. The molecule has 3 amide bonds. The summed E-state index contributed by atoms with van der Waals surface area (Å²) in [5, 5.41) is 5.29. The first kappa shape index (κ1) is 16.0. The summed E-state index contributed by atoms with van der Waals surface area (Å²) in [5.41, 5.74) is 5.94. The van der Waals surface area contributed by atoms with Crippen molar-refractivity contribution in [1.82, 2.24) is 5.32 Å². The fourth-order valence-electron chi connectivity index (χ4n) is 2.58. The second-order valence-electron chi connectivity index (χ2n) is 5.56. The maximum Gasteiger partial charge on any atom is 0.313 e. The van der Waals surface area contributed by atoms with Crippen LogP contribution < -0.4 is 16.4 Å². The largest absolute Gasteiger partial charge is 0.366 e. The number of primary amides is 1. The van der Waals surface area contributed by atoms with Gasteiger partial charge in [0.15, 0.2) is 0 Å². The Labute approximate surface area is 129 Å². The molecular formula is C16H21N3O3. The highest BCUT2D eigenvalue weighted by Crippen LogP contribution is 2.17. The minimum absolute atomic E-state index is 0.0815. The van der Waals surface area contributed by atoms with E-state index in [1.54, 1.807) is 0 Å². The van der Waals surface area contributed by atoms with Crippen LogP contribution in [0, 0.1) is 0 Å². The molecule has 118 valence electrons. The Morgan fingerprint density at radius 2 is 1.50 bits per heavy atom. The van der Waals surface area contributed by atoms with Crippen molar-refractivity contribution in [2.45, 2.75) is 44.6 Å². The summed E-state index contributed by atoms with van der Waals surface area (Å²) in [7, 11) is 0. The Hall–Kier alpha value is -2.37. The molecule has 0 heterocycles. The third kappa shape index (κ3) is 4.58. The summed E-state index contributed by atoms with van der Waals surface area (Å²) in [6.45, 7) is 0. The van der Waals surface area contributed by atoms with Crippen molar-refractivity contribution >= 4 is 23.4 Å². The average Bonchev–Trinajstić information content (AvgIpc) is 2.76. The average molecular weight is 303 g/mol. The highest BCUT2D eigenvalue weighted by molar-refractivity contribution is 6.39. The van der Waals surface area contributed by atoms with Crippen LogP contribution in [0.1, 0.15) is 48.9 Å². The van der Waals surface area contributed by atoms with Gasteiger partial charge in [-0.15, -0.1) is 0 Å². The maximum atomic E-state index is 11.9. The number of hydrogen-bond acceptors (Lipinski definition) is 3. The van der Waals surface area contributed by atoms with Crippen LogP contribution in [-0.2, 0) is 9.59 Å². The van der Waals surface area contributed by atoms with Gasteiger partial charge in [-0.05, 0) is 37.1 Å². The summed E-state index contributed by atoms with van der Waals surface area (Å²) in [5.74, 6) is -1.86. The molecule has 0 radical (unpaired) electrons. The van der Waals surface area contributed by atoms with Crippen LogP contribution in [0.5, 0.6) is 0 Å². The molecule has 0 spiro atoms. The van der Waals surface area contributed by atoms with E-state index in [0.717, 1.165) is 25.7 Å². The smallest absolute Gasteiger partial charge is 0.313 e. The van der Waals surface area contributed by atoms with Crippen LogP contribution >= 0.6 is 0 Å². The van der Waals surface area contributed by atoms with Gasteiger partial charge in [-0.1, -0.05) is 25.7 Å². The van der Waals surface area contributed by atoms with Crippen molar-refractivity contribution in [3.05, 3.63) is 29.8 Å². The van der Waals surface area contributed by atoms with Crippen LogP contribution in [0.4, 0.5) is 5.69 Å². The van der Waals surface area contributed by atoms with Crippen molar-refractivity contribution in [3.63, 3.8) is 0 Å². The van der Waals surface area contributed by atoms with E-state index in [-0.39, 0.29) is 6.04 Å². The Kier molecular flexibility index (Phi) is 5.52. The summed E-state index contributed by atoms with van der Waals surface area (Å²) >= 11 is 0. The van der Waals surface area contributed by atoms with Crippen molar-refractivity contribution in [2.24, 2.45) is 5.73 Å². The van der Waals surface area contributed by atoms with Crippen molar-refractivity contribution in [3.8, 4) is 0 Å². The van der Waals surface area contributed by atoms with Crippen molar-refractivity contribution < 1.29 is 14.4 Å². The maximum absolute atomic E-state index is 11.9. The zero-order valence-corrected chi connectivity index (χ0v) is 12.4. The monoisotopic (exact) mass is 303 g/mol. The number of anilines is 1. The SMILES string of the molecule is NC(=O)c1ccc(NC(=O)C(=O)NC2CCCCCC2)cc1. The summed E-state index contributed by atoms with van der Waals surface area (Å²) < 4.78 is 0. The first-order valence-electron chi connectivity index (χ1n) is 7.58. The van der Waals surface area contributed by atoms with Gasteiger partial charge < -0.3 is 16.4 Å². The molecule has 1 saturated carbocycles. The van der Waals surface area contributed by atoms with Gasteiger partial charge in [0.2, 0.25) is 5.91 Å². The molecule has 1 aromatic rings. The number of carbonyl (C=O) groups is 3. The first-order valence-corrected chi connectivity index (χ1v) is 7.58. The lowest BCUT2D eigenvalue weighted by atomic mass is 10.1. The number of nitrogens with two attached hydrogens (primary N) is 1. The summed E-state index contributed by atoms with van der Waals surface area (Å²) in [6.07, 6.45) is 6.39. The van der Waals surface area contributed by atoms with Crippen LogP contribution in [0.15, 0.2) is 24.3 Å². The quantitative estimate of drug-likeness (QED) is 0.583. The molecule has 6 nitrogen and oxygen atoms in total. The molecular weight excluding hydrogens is 282 g/mol. The minimum atomic E-state index is -0.698. The van der Waals surface area contributed by atoms with E-state index in [1.807, 2.05) is 0 Å². The van der Waals surface area contributed by atoms with Gasteiger partial charge in [0.1, 0.15) is 0 Å². The summed E-state index contributed by atoms with van der Waals surface area (Å²) in [4.78, 5) is 34.7. The molecule has 1 aromatic carbocycles. The minimum Gasteiger partial charge on any atom is -0.366 e. The third-order valence-corrected chi connectivity index (χ3v) is 3.82. The number of rotatable bonds is 3. The third-order valence-electron chi connectivity index (χ3n) is 3.82. The van der Waals surface area contributed by atoms with E-state index in [4.69, 9.17) is 5.73 Å². The van der Waals surface area contributed by atoms with Gasteiger partial charge in [0.25, 0.3) is 0 Å². The van der Waals surface area contributed by atoms with Gasteiger partial charge in [-0.3, -0.25) is 14.4 Å². The molecule has 1 aliphatic rings. The number of amides is 3. The molecule has 1 fully saturated rings. The molecule has 22 heavy (non-hydrogen) atoms. The van der Waals surface area contributed by atoms with Gasteiger partial charge in [0, 0.05) is 17.3 Å². The Morgan fingerprint density at radius 1 is 0.909 bits per heavy atom. The zero-order chi connectivity index (χ0) is 15.9. The second kappa shape index (κ2) is 7.59. The zero-order valence-electron chi connectivity index (χ0n) is 12.4. The lowest BCUT2D eigenvalue weighted by Crippen LogP contribution is -2.41. The molecule has 4 N–H and O–H groups in total. The van der Waals surface area contributed by atoms with Gasteiger partial charge in [-0.25, -0.2) is 0 Å². The molecule has 0 bridgehead atoms. The van der Waals surface area contributed by atoms with Crippen LogP contribution in [0.3, 0.4) is 0 Å². The normalized spacial score (nSPS) is 15.6. The van der Waals surface area contributed by atoms with E-state index in [1.165, 1.54) is 37.1 Å². The van der Waals surface area contributed by atoms with Gasteiger partial charge >= 0.3 is 11.8 Å². The van der Waals surface area contributed by atoms with E-state index in [0.29, 0.717) is 11.3 Å². The molecule has 0 saturated heterocycles. The molecule has 0 unspecified atom stereocenters. The number of nitrogens with one attached hydrogen (secondary N) is 2. The van der Waals surface area contributed by atoms with E-state index >= 15 is 0 Å². The van der Waals surface area contributed by atoms with Crippen molar-refractivity contribution in [2.75, 3.05) is 5.32 Å². The summed E-state index contributed by atoms with van der Waals surface area (Å²) in [6, 6.07) is 6.16. The standard InChI is InChI=1S/C16H21N3O3/c17-14(20)11-7-9-13(10-8-11)19-16(22)15(21)18-12-5-3-1-2-4-6-12/h7-10,12H,1-6H2,(H2,17,20)(H,18,21)(H,19,22). The molecule has 0 aromatic heterocycles. The topological polar surface area (TPSA) is 101 Å². The second-order valence-corrected chi connectivity index (χ2v) is 5.56. The lowest BCUT2D eigenvalue weighted by Gasteiger charge is -2.15. The van der Waals surface area contributed by atoms with Crippen LogP contribution in [0.25, 0.3) is 0 Å². The number of benzene rings is 1. The fraction of sp³-hybridized carbons (Fsp3) is 0.438. The Balaban J connectivity index is 1.87. The number of hydrogen-bond donors (Lipinski definition) is 3.